The normalized spacial score (nSPS) is 32.8. The van der Waals surface area contributed by atoms with Crippen molar-refractivity contribution in [1.29, 1.82) is 0 Å². The number of carbonyl (C=O) groups is 1. The molecule has 10 N–H and O–H groups in total. The number of esters is 1. The molecule has 2 aromatic carbocycles. The van der Waals surface area contributed by atoms with Crippen molar-refractivity contribution < 1.29 is 79.5 Å². The molecule has 4 rings (SSSR count). The minimum Gasteiger partial charge on any atom is -0.504 e. The molecule has 45 heavy (non-hydrogen) atoms. The van der Waals surface area contributed by atoms with Gasteiger partial charge in [-0.15, -0.1) is 0 Å². The molecule has 16 nitrogen and oxygen atoms in total. The Morgan fingerprint density at radius 1 is 0.844 bits per heavy atom. The van der Waals surface area contributed by atoms with Crippen LogP contribution in [0.1, 0.15) is 24.2 Å². The Balaban J connectivity index is 1.54. The van der Waals surface area contributed by atoms with Gasteiger partial charge in [0.1, 0.15) is 42.7 Å². The summed E-state index contributed by atoms with van der Waals surface area (Å²) in [6.07, 6.45) is -15.0. The predicted octanol–water partition coefficient (Wildman–Crippen LogP) is -1.53. The van der Waals surface area contributed by atoms with Gasteiger partial charge in [0.25, 0.3) is 0 Å². The number of aromatic hydroxyl groups is 4. The van der Waals surface area contributed by atoms with Gasteiger partial charge in [-0.2, -0.15) is 0 Å². The highest BCUT2D eigenvalue weighted by Gasteiger charge is 2.52. The van der Waals surface area contributed by atoms with Crippen LogP contribution in [0.2, 0.25) is 0 Å². The van der Waals surface area contributed by atoms with Gasteiger partial charge in [0.2, 0.25) is 0 Å². The van der Waals surface area contributed by atoms with Crippen molar-refractivity contribution in [3.05, 3.63) is 53.6 Å². The highest BCUT2D eigenvalue weighted by molar-refractivity contribution is 5.87. The van der Waals surface area contributed by atoms with Crippen LogP contribution >= 0.6 is 0 Å². The van der Waals surface area contributed by atoms with Crippen molar-refractivity contribution in [2.45, 2.75) is 74.4 Å². The fraction of sp³-hybridized carbons (Fsp3) is 0.483. The van der Waals surface area contributed by atoms with Gasteiger partial charge in [-0.25, -0.2) is 4.79 Å². The van der Waals surface area contributed by atoms with E-state index >= 15 is 0 Å². The number of carbonyl (C=O) groups excluding carboxylic acids is 1. The first-order valence-electron chi connectivity index (χ1n) is 13.8. The molecule has 2 aliphatic rings. The molecule has 0 bridgehead atoms. The molecule has 0 aromatic heterocycles. The van der Waals surface area contributed by atoms with Crippen molar-refractivity contribution in [3.63, 3.8) is 0 Å². The van der Waals surface area contributed by atoms with Gasteiger partial charge in [0, 0.05) is 6.08 Å². The Bertz CT molecular complexity index is 1340. The minimum atomic E-state index is -1.83. The third-order valence-corrected chi connectivity index (χ3v) is 7.36. The van der Waals surface area contributed by atoms with Crippen LogP contribution in [0.25, 0.3) is 6.08 Å². The summed E-state index contributed by atoms with van der Waals surface area (Å²) >= 11 is 0. The van der Waals surface area contributed by atoms with Gasteiger partial charge in [0.05, 0.1) is 19.3 Å². The van der Waals surface area contributed by atoms with Crippen molar-refractivity contribution in [2.24, 2.45) is 0 Å². The lowest BCUT2D eigenvalue weighted by atomic mass is 9.97. The Labute approximate surface area is 256 Å². The fourth-order valence-corrected chi connectivity index (χ4v) is 4.77. The van der Waals surface area contributed by atoms with Crippen molar-refractivity contribution in [1.82, 2.24) is 0 Å². The predicted molar refractivity (Wildman–Crippen MR) is 148 cm³/mol. The highest BCUT2D eigenvalue weighted by atomic mass is 16.7. The van der Waals surface area contributed by atoms with Crippen LogP contribution in [0.15, 0.2) is 42.5 Å². The molecule has 16 heteroatoms. The Hall–Kier alpha value is -3.55. The van der Waals surface area contributed by atoms with Crippen molar-refractivity contribution in [2.75, 3.05) is 13.2 Å². The average molecular weight is 641 g/mol. The molecule has 0 spiro atoms. The maximum absolute atomic E-state index is 12.8. The molecule has 2 fully saturated rings. The molecule has 2 aromatic rings. The van der Waals surface area contributed by atoms with Crippen LogP contribution in [0.5, 0.6) is 23.0 Å². The van der Waals surface area contributed by atoms with Gasteiger partial charge in [-0.05, 0) is 48.4 Å². The monoisotopic (exact) mass is 640 g/mol. The molecule has 0 amide bonds. The smallest absolute Gasteiger partial charge is 0.331 e. The summed E-state index contributed by atoms with van der Waals surface area (Å²) in [6, 6.07) is 7.32. The number of aliphatic hydroxyl groups is 6. The maximum atomic E-state index is 12.8. The Morgan fingerprint density at radius 2 is 1.51 bits per heavy atom. The molecule has 0 aliphatic carbocycles. The second-order valence-electron chi connectivity index (χ2n) is 10.6. The molecular formula is C29H36O16. The van der Waals surface area contributed by atoms with E-state index in [4.69, 9.17) is 23.7 Å². The van der Waals surface area contributed by atoms with Crippen LogP contribution in [0.4, 0.5) is 0 Å². The van der Waals surface area contributed by atoms with E-state index in [1.165, 1.54) is 37.3 Å². The zero-order valence-corrected chi connectivity index (χ0v) is 23.8. The lowest BCUT2D eigenvalue weighted by Crippen LogP contribution is -2.65. The Morgan fingerprint density at radius 3 is 2.16 bits per heavy atom. The second kappa shape index (κ2) is 14.7. The van der Waals surface area contributed by atoms with E-state index in [1.54, 1.807) is 0 Å². The lowest BCUT2D eigenvalue weighted by Gasteiger charge is -2.46. The summed E-state index contributed by atoms with van der Waals surface area (Å²) < 4.78 is 27.9. The number of phenols is 4. The summed E-state index contributed by atoms with van der Waals surface area (Å²) in [5.41, 5.74) is 0.450. The molecule has 2 aliphatic heterocycles. The number of benzene rings is 2. The number of hydrogen-bond donors (Lipinski definition) is 10. The number of ether oxygens (including phenoxy) is 5. The topological polar surface area (TPSA) is 266 Å². The molecule has 2 saturated heterocycles. The molecule has 248 valence electrons. The largest absolute Gasteiger partial charge is 0.504 e. The van der Waals surface area contributed by atoms with Crippen LogP contribution in [-0.2, 0) is 28.5 Å². The van der Waals surface area contributed by atoms with Crippen LogP contribution < -0.4 is 0 Å². The van der Waals surface area contributed by atoms with Crippen molar-refractivity contribution in [3.8, 4) is 23.0 Å². The maximum Gasteiger partial charge on any atom is 0.331 e. The van der Waals surface area contributed by atoms with E-state index < -0.39 is 104 Å². The molecule has 0 unspecified atom stereocenters. The molecule has 0 saturated carbocycles. The minimum absolute atomic E-state index is 0.142. The van der Waals surface area contributed by atoms with E-state index in [0.29, 0.717) is 5.56 Å². The van der Waals surface area contributed by atoms with Gasteiger partial charge >= 0.3 is 5.97 Å². The van der Waals surface area contributed by atoms with E-state index in [9.17, 15) is 55.9 Å². The Kier molecular flexibility index (Phi) is 11.2. The third-order valence-electron chi connectivity index (χ3n) is 7.36. The molecule has 2 heterocycles. The molecule has 11 atom stereocenters. The zero-order chi connectivity index (χ0) is 33.0. The summed E-state index contributed by atoms with van der Waals surface area (Å²) in [6.45, 7) is 0.0546. The van der Waals surface area contributed by atoms with E-state index in [1.807, 2.05) is 0 Å². The quantitative estimate of drug-likeness (QED) is 0.0802. The van der Waals surface area contributed by atoms with Crippen LogP contribution in [0.3, 0.4) is 0 Å². The fourth-order valence-electron chi connectivity index (χ4n) is 4.77. The first-order chi connectivity index (χ1) is 21.3. The number of hydrogen-bond acceptors (Lipinski definition) is 16. The number of phenolic OH excluding ortho intramolecular Hbond substituents is 4. The zero-order valence-electron chi connectivity index (χ0n) is 23.8. The van der Waals surface area contributed by atoms with Gasteiger partial charge in [0.15, 0.2) is 41.7 Å². The van der Waals surface area contributed by atoms with E-state index in [2.05, 4.69) is 0 Å². The second-order valence-corrected chi connectivity index (χ2v) is 10.6. The van der Waals surface area contributed by atoms with E-state index in [0.717, 1.165) is 18.2 Å². The number of aliphatic hydroxyl groups excluding tert-OH is 6. The third kappa shape index (κ3) is 8.00. The summed E-state index contributed by atoms with van der Waals surface area (Å²) in [5, 5.41) is 101. The van der Waals surface area contributed by atoms with Gasteiger partial charge < -0.3 is 74.7 Å². The van der Waals surface area contributed by atoms with Gasteiger partial charge in [-0.3, -0.25) is 0 Å². The van der Waals surface area contributed by atoms with Crippen LogP contribution in [-0.4, -0.2) is 132 Å². The first-order valence-corrected chi connectivity index (χ1v) is 13.8. The average Bonchev–Trinajstić information content (AvgIpc) is 3.01. The summed E-state index contributed by atoms with van der Waals surface area (Å²) in [7, 11) is 0. The van der Waals surface area contributed by atoms with E-state index in [-0.39, 0.29) is 11.3 Å². The highest BCUT2D eigenvalue weighted by Crippen LogP contribution is 2.33. The SMILES string of the molecule is C[C@@H]1O[C@@H](O[C@@H]2[C@@H](O)[C@H](OC[C@@H](O)c3ccc(O)c(O)c3)O[C@H](CO)[C@H]2OC(=O)/C=C/c2ccc(O)c(O)c2)[C@H](O)[C@H](O)[C@H]1O. The van der Waals surface area contributed by atoms with Crippen molar-refractivity contribution >= 4 is 12.0 Å². The van der Waals surface area contributed by atoms with Crippen LogP contribution in [0, 0.1) is 0 Å². The first kappa shape index (κ1) is 34.3. The standard InChI is InChI=1S/C29H36O16/c1-12-22(37)23(38)24(39)29(42-12)45-27-25(40)28(41-11-19(35)14-4-6-16(32)18(34)9-14)43-20(10-30)26(27)44-21(36)7-3-13-2-5-15(31)17(33)8-13/h2-9,12,19-20,22-35,37-40H,10-11H2,1H3/b7-3+/t12-,19+,20+,22-,23+,24+,25+,26+,27+,28+,29-/m0/s1. The summed E-state index contributed by atoms with van der Waals surface area (Å²) in [5.74, 6) is -2.75. The molecule has 0 radical (unpaired) electrons. The lowest BCUT2D eigenvalue weighted by molar-refractivity contribution is -0.358. The molecular weight excluding hydrogens is 604 g/mol. The summed E-state index contributed by atoms with van der Waals surface area (Å²) in [4.78, 5) is 12.8. The number of rotatable bonds is 10. The van der Waals surface area contributed by atoms with Gasteiger partial charge in [-0.1, -0.05) is 12.1 Å².